The van der Waals surface area contributed by atoms with Crippen molar-refractivity contribution in [2.75, 3.05) is 27.4 Å². The minimum atomic E-state index is -1.23. The molecule has 4 amide bonds. The number of H-pyrrole nitrogens is 2. The number of methoxy groups -OCH3 is 2. The number of halogens is 1. The summed E-state index contributed by atoms with van der Waals surface area (Å²) in [7, 11) is 2.92. The molecule has 2 aromatic heterocycles. The fourth-order valence-electron chi connectivity index (χ4n) is 9.78. The Morgan fingerprint density at radius 1 is 0.923 bits per heavy atom. The first-order chi connectivity index (χ1) is 30.9. The molecule has 0 bridgehead atoms. The molecule has 16 nitrogen and oxygen atoms in total. The van der Waals surface area contributed by atoms with Crippen molar-refractivity contribution < 1.29 is 38.5 Å². The fourth-order valence-corrected chi connectivity index (χ4v) is 9.78. The molecular formula is C48H53BrN8O8. The molecule has 0 spiro atoms. The van der Waals surface area contributed by atoms with Gasteiger partial charge in [0.2, 0.25) is 5.91 Å². The summed E-state index contributed by atoms with van der Waals surface area (Å²) < 4.78 is 16.8. The molecule has 6 aromatic rings. The van der Waals surface area contributed by atoms with Gasteiger partial charge in [0.15, 0.2) is 0 Å². The van der Waals surface area contributed by atoms with Crippen LogP contribution in [0.4, 0.5) is 9.59 Å². The first kappa shape index (κ1) is 45.1. The molecule has 6 atom stereocenters. The van der Waals surface area contributed by atoms with Crippen LogP contribution in [0.25, 0.3) is 44.2 Å². The molecule has 3 aliphatic rings. The third-order valence-corrected chi connectivity index (χ3v) is 12.9. The van der Waals surface area contributed by atoms with Crippen molar-refractivity contribution >= 4 is 62.8 Å². The Hall–Kier alpha value is -6.46. The van der Waals surface area contributed by atoms with Crippen molar-refractivity contribution in [2.24, 2.45) is 11.8 Å². The molecule has 4 aromatic carbocycles. The molecule has 65 heavy (non-hydrogen) atoms. The number of likely N-dealkylation sites (tertiary alicyclic amines) is 2. The van der Waals surface area contributed by atoms with E-state index >= 15 is 0 Å². The summed E-state index contributed by atoms with van der Waals surface area (Å²) in [6, 6.07) is 21.0. The van der Waals surface area contributed by atoms with Gasteiger partial charge in [-0.2, -0.15) is 0 Å². The molecule has 2 saturated heterocycles. The number of carbonyl (C=O) groups is 4. The highest BCUT2D eigenvalue weighted by atomic mass is 79.9. The van der Waals surface area contributed by atoms with Gasteiger partial charge in [-0.1, -0.05) is 62.4 Å². The van der Waals surface area contributed by atoms with Gasteiger partial charge in [0, 0.05) is 36.6 Å². The van der Waals surface area contributed by atoms with Crippen molar-refractivity contribution in [1.29, 1.82) is 0 Å². The lowest BCUT2D eigenvalue weighted by molar-refractivity contribution is -0.137. The number of alkyl carbamates (subject to hydrolysis) is 1. The number of carboxylic acid groups (broad SMARTS) is 1. The smallest absolute Gasteiger partial charge is 0.407 e. The normalized spacial score (nSPS) is 19.8. The first-order valence-corrected chi connectivity index (χ1v) is 21.7. The Kier molecular flexibility index (Phi) is 12.9. The number of nitrogens with one attached hydrogen (secondary N) is 4. The number of hydrogen-bond acceptors (Lipinski definition) is 9. The maximum atomic E-state index is 14.3. The quantitative estimate of drug-likeness (QED) is 0.0842. The third kappa shape index (κ3) is 8.61. The Labute approximate surface area is 386 Å². The van der Waals surface area contributed by atoms with Gasteiger partial charge in [0.05, 0.1) is 48.7 Å². The molecule has 5 heterocycles. The molecule has 340 valence electrons. The standard InChI is InChI=1S/C48H52N8O8.BrH/c1-25(2)40(53-47(59)60)46(58)56-26(3)11-16-37(56)44-50-35-15-13-29-19-34-32-14-12-30(18-31(32)24-64-39(34)20-33(29)42(35)52-44)36-21-49-43(51-36)38-17-27(23-62-4)22-55(38)45(57)41(54-48(61)63-5)28-9-7-6-8-10-28;/h6-10,12-15,18-21,25-27,37-38,40-41,53H,11,16-17,22-24H2,1-5H3,(H,49,51)(H,50,52)(H,54,61)(H,59,60);1H/t26-,27-,37-,38-,40-,41+;/m0./s1. The van der Waals surface area contributed by atoms with Crippen LogP contribution in [0, 0.1) is 11.8 Å². The number of amides is 4. The largest absolute Gasteiger partial charge is 0.488 e. The molecule has 2 fully saturated rings. The second kappa shape index (κ2) is 18.6. The molecule has 9 rings (SSSR count). The number of imidazole rings is 2. The number of carbonyl (C=O) groups excluding carboxylic acids is 3. The van der Waals surface area contributed by atoms with E-state index in [1.807, 2.05) is 57.2 Å². The molecule has 0 radical (unpaired) electrons. The Bertz CT molecular complexity index is 2760. The number of fused-ring (bicyclic) bond motifs is 6. The van der Waals surface area contributed by atoms with E-state index in [0.29, 0.717) is 49.8 Å². The van der Waals surface area contributed by atoms with Crippen molar-refractivity contribution in [3.63, 3.8) is 0 Å². The summed E-state index contributed by atoms with van der Waals surface area (Å²) in [5, 5.41) is 16.6. The highest BCUT2D eigenvalue weighted by Gasteiger charge is 2.43. The zero-order chi connectivity index (χ0) is 44.8. The minimum Gasteiger partial charge on any atom is -0.488 e. The number of benzene rings is 4. The SMILES string of the molecule is Br.COC[C@H]1C[C@@H](c2ncc(-c3ccc4c(c3)COc3cc5c(ccc6nc([C@@H]7CC[C@H](C)N7C(=O)[C@@H](NC(=O)O)C(C)C)[nH]c65)cc3-4)[nH]2)N(C(=O)[C@H](NC(=O)OC)c2ccccc2)C1. The van der Waals surface area contributed by atoms with Crippen molar-refractivity contribution in [3.8, 4) is 28.1 Å². The highest BCUT2D eigenvalue weighted by molar-refractivity contribution is 8.93. The van der Waals surface area contributed by atoms with Crippen LogP contribution in [0.1, 0.15) is 80.9 Å². The lowest BCUT2D eigenvalue weighted by atomic mass is 9.92. The summed E-state index contributed by atoms with van der Waals surface area (Å²) >= 11 is 0. The van der Waals surface area contributed by atoms with Crippen LogP contribution >= 0.6 is 17.0 Å². The Balaban J connectivity index is 0.00000576. The maximum absolute atomic E-state index is 14.3. The summed E-state index contributed by atoms with van der Waals surface area (Å²) in [4.78, 5) is 72.5. The number of aromatic amines is 2. The van der Waals surface area contributed by atoms with E-state index < -0.39 is 24.3 Å². The molecule has 0 aliphatic carbocycles. The second-order valence-corrected chi connectivity index (χ2v) is 17.4. The lowest BCUT2D eigenvalue weighted by Gasteiger charge is -2.32. The molecule has 5 N–H and O–H groups in total. The molecule has 3 aliphatic heterocycles. The van der Waals surface area contributed by atoms with Gasteiger partial charge in [0.1, 0.15) is 36.1 Å². The van der Waals surface area contributed by atoms with E-state index in [-0.39, 0.29) is 58.8 Å². The first-order valence-electron chi connectivity index (χ1n) is 21.7. The lowest BCUT2D eigenvalue weighted by Crippen LogP contribution is -2.52. The summed E-state index contributed by atoms with van der Waals surface area (Å²) in [6.07, 6.45) is 1.98. The zero-order valence-electron chi connectivity index (χ0n) is 36.8. The van der Waals surface area contributed by atoms with Crippen LogP contribution in [0.3, 0.4) is 0 Å². The number of hydrogen-bond donors (Lipinski definition) is 5. The third-order valence-electron chi connectivity index (χ3n) is 12.9. The second-order valence-electron chi connectivity index (χ2n) is 17.4. The van der Waals surface area contributed by atoms with Crippen molar-refractivity contribution in [1.82, 2.24) is 40.4 Å². The molecular weight excluding hydrogens is 896 g/mol. The van der Waals surface area contributed by atoms with E-state index in [1.165, 1.54) is 7.11 Å². The highest BCUT2D eigenvalue weighted by Crippen LogP contribution is 2.44. The Morgan fingerprint density at radius 2 is 1.72 bits per heavy atom. The van der Waals surface area contributed by atoms with Crippen molar-refractivity contribution in [2.45, 2.75) is 76.8 Å². The summed E-state index contributed by atoms with van der Waals surface area (Å²) in [5.41, 5.74) is 7.01. The van der Waals surface area contributed by atoms with E-state index in [9.17, 15) is 24.3 Å². The monoisotopic (exact) mass is 948 g/mol. The van der Waals surface area contributed by atoms with Gasteiger partial charge in [-0.05, 0) is 84.0 Å². The molecule has 0 saturated carbocycles. The number of aromatic nitrogens is 4. The average molecular weight is 950 g/mol. The van der Waals surface area contributed by atoms with Gasteiger partial charge < -0.3 is 49.7 Å². The predicted octanol–water partition coefficient (Wildman–Crippen LogP) is 8.22. The number of nitrogens with zero attached hydrogens (tertiary/aromatic N) is 4. The van der Waals surface area contributed by atoms with Gasteiger partial charge >= 0.3 is 12.2 Å². The summed E-state index contributed by atoms with van der Waals surface area (Å²) in [5.74, 6) is 1.39. The van der Waals surface area contributed by atoms with E-state index in [0.717, 1.165) is 61.9 Å². The van der Waals surface area contributed by atoms with Crippen molar-refractivity contribution in [3.05, 3.63) is 102 Å². The van der Waals surface area contributed by atoms with E-state index in [2.05, 4.69) is 44.9 Å². The van der Waals surface area contributed by atoms with E-state index in [4.69, 9.17) is 24.2 Å². The van der Waals surface area contributed by atoms with Crippen LogP contribution in [0.5, 0.6) is 5.75 Å². The molecule has 0 unspecified atom stereocenters. The van der Waals surface area contributed by atoms with E-state index in [1.54, 1.807) is 35.2 Å². The van der Waals surface area contributed by atoms with Crippen LogP contribution in [-0.4, -0.2) is 98.3 Å². The predicted molar refractivity (Wildman–Crippen MR) is 249 cm³/mol. The summed E-state index contributed by atoms with van der Waals surface area (Å²) in [6.45, 7) is 6.92. The maximum Gasteiger partial charge on any atom is 0.407 e. The Morgan fingerprint density at radius 3 is 2.46 bits per heavy atom. The average Bonchev–Trinajstić information content (AvgIpc) is 4.12. The van der Waals surface area contributed by atoms with Crippen LogP contribution in [0.2, 0.25) is 0 Å². The zero-order valence-corrected chi connectivity index (χ0v) is 38.5. The molecule has 17 heteroatoms. The number of ether oxygens (including phenoxy) is 3. The van der Waals surface area contributed by atoms with Crippen LogP contribution < -0.4 is 15.4 Å². The van der Waals surface area contributed by atoms with Crippen LogP contribution in [0.15, 0.2) is 79.0 Å². The fraction of sp³-hybridized carbons (Fsp3) is 0.375. The van der Waals surface area contributed by atoms with Gasteiger partial charge in [0.25, 0.3) is 5.91 Å². The van der Waals surface area contributed by atoms with Gasteiger partial charge in [-0.3, -0.25) is 9.59 Å². The van der Waals surface area contributed by atoms with Gasteiger partial charge in [-0.25, -0.2) is 19.6 Å². The minimum absolute atomic E-state index is 0. The topological polar surface area (TPSA) is 204 Å². The number of rotatable bonds is 11. The van der Waals surface area contributed by atoms with Crippen LogP contribution in [-0.2, 0) is 25.7 Å². The van der Waals surface area contributed by atoms with Gasteiger partial charge in [-0.15, -0.1) is 17.0 Å².